The van der Waals surface area contributed by atoms with E-state index in [4.69, 9.17) is 10.4 Å². The van der Waals surface area contributed by atoms with Gasteiger partial charge in [-0.1, -0.05) is 31.1 Å². The maximum absolute atomic E-state index is 8.22. The lowest BCUT2D eigenvalue weighted by Crippen LogP contribution is -2.08. The van der Waals surface area contributed by atoms with Gasteiger partial charge in [0, 0.05) is 0 Å². The molecule has 0 radical (unpaired) electrons. The summed E-state index contributed by atoms with van der Waals surface area (Å²) in [4.78, 5) is 0. The molecule has 2 N–H and O–H groups in total. The van der Waals surface area contributed by atoms with E-state index >= 15 is 0 Å². The van der Waals surface area contributed by atoms with Crippen molar-refractivity contribution >= 4 is 11.4 Å². The van der Waals surface area contributed by atoms with Gasteiger partial charge in [-0.25, -0.2) is 0 Å². The van der Waals surface area contributed by atoms with Crippen molar-refractivity contribution in [2.45, 2.75) is 34.1 Å². The second-order valence-electron chi connectivity index (χ2n) is 1.59. The lowest BCUT2D eigenvalue weighted by atomic mass is 10.2. The second kappa shape index (κ2) is 8.94. The zero-order chi connectivity index (χ0) is 9.28. The van der Waals surface area contributed by atoms with Gasteiger partial charge in [0.1, 0.15) is 11.4 Å². The van der Waals surface area contributed by atoms with E-state index in [1.165, 1.54) is 0 Å². The zero-order valence-corrected chi connectivity index (χ0v) is 7.50. The van der Waals surface area contributed by atoms with Gasteiger partial charge < -0.3 is 10.4 Å². The molecular weight excluding hydrogens is 144 g/mol. The van der Waals surface area contributed by atoms with E-state index in [1.54, 1.807) is 6.92 Å². The molecule has 0 bridgehead atoms. The zero-order valence-electron chi connectivity index (χ0n) is 7.50. The van der Waals surface area contributed by atoms with E-state index in [9.17, 15) is 0 Å². The van der Waals surface area contributed by atoms with Crippen LogP contribution in [0.15, 0.2) is 10.3 Å². The lowest BCUT2D eigenvalue weighted by Gasteiger charge is -1.94. The van der Waals surface area contributed by atoms with E-state index in [0.29, 0.717) is 17.8 Å². The van der Waals surface area contributed by atoms with E-state index in [2.05, 4.69) is 10.3 Å². The molecule has 0 aliphatic carbocycles. The van der Waals surface area contributed by atoms with Gasteiger partial charge in [-0.2, -0.15) is 0 Å². The van der Waals surface area contributed by atoms with Gasteiger partial charge in [-0.05, 0) is 13.3 Å². The minimum absolute atomic E-state index is 0.347. The van der Waals surface area contributed by atoms with Crippen molar-refractivity contribution in [3.05, 3.63) is 0 Å². The van der Waals surface area contributed by atoms with Gasteiger partial charge in [0.15, 0.2) is 0 Å². The summed E-state index contributed by atoms with van der Waals surface area (Å²) in [7, 11) is 0. The van der Waals surface area contributed by atoms with Gasteiger partial charge in [0.2, 0.25) is 0 Å². The van der Waals surface area contributed by atoms with Crippen LogP contribution in [0.25, 0.3) is 0 Å². The van der Waals surface area contributed by atoms with E-state index < -0.39 is 0 Å². The molecular formula is C7H16N2O2. The Balaban J connectivity index is 0. The number of oxime groups is 2. The van der Waals surface area contributed by atoms with Crippen LogP contribution >= 0.6 is 0 Å². The third-order valence-corrected chi connectivity index (χ3v) is 1.02. The fourth-order valence-corrected chi connectivity index (χ4v) is 0.457. The standard InChI is InChI=1S/C5H10N2O2.C2H6/c1-3-5(7-9)4(2)6-8;1-2/h8-9H,3H2,1-2H3;1-2H3/b6-4-,7-5-;. The Morgan fingerprint density at radius 3 is 1.73 bits per heavy atom. The van der Waals surface area contributed by atoms with Crippen molar-refractivity contribution < 1.29 is 10.4 Å². The predicted octanol–water partition coefficient (Wildman–Crippen LogP) is 2.10. The van der Waals surface area contributed by atoms with Crippen LogP contribution in [0.1, 0.15) is 34.1 Å². The van der Waals surface area contributed by atoms with Gasteiger partial charge >= 0.3 is 0 Å². The quantitative estimate of drug-likeness (QED) is 0.369. The van der Waals surface area contributed by atoms with Crippen molar-refractivity contribution in [3.63, 3.8) is 0 Å². The molecule has 4 nitrogen and oxygen atoms in total. The first-order valence-electron chi connectivity index (χ1n) is 3.66. The monoisotopic (exact) mass is 160 g/mol. The lowest BCUT2D eigenvalue weighted by molar-refractivity contribution is 0.313. The summed E-state index contributed by atoms with van der Waals surface area (Å²) in [5.74, 6) is 0. The molecule has 0 aromatic rings. The number of hydrogen-bond donors (Lipinski definition) is 2. The molecule has 0 saturated carbocycles. The molecule has 0 unspecified atom stereocenters. The smallest absolute Gasteiger partial charge is 0.104 e. The summed E-state index contributed by atoms with van der Waals surface area (Å²) in [5, 5.41) is 22.1. The van der Waals surface area contributed by atoms with Crippen molar-refractivity contribution in [3.8, 4) is 0 Å². The second-order valence-corrected chi connectivity index (χ2v) is 1.59. The molecule has 0 atom stereocenters. The first-order valence-corrected chi connectivity index (χ1v) is 3.66. The third-order valence-electron chi connectivity index (χ3n) is 1.02. The Kier molecular flexibility index (Phi) is 10.2. The summed E-state index contributed by atoms with van der Waals surface area (Å²) in [6.45, 7) is 7.38. The van der Waals surface area contributed by atoms with Gasteiger partial charge in [0.05, 0.1) is 0 Å². The Morgan fingerprint density at radius 2 is 1.64 bits per heavy atom. The average Bonchev–Trinajstić information content (AvgIpc) is 2.10. The Bertz CT molecular complexity index is 141. The number of nitrogens with zero attached hydrogens (tertiary/aromatic N) is 2. The maximum Gasteiger partial charge on any atom is 0.104 e. The highest BCUT2D eigenvalue weighted by Crippen LogP contribution is 1.87. The highest BCUT2D eigenvalue weighted by atomic mass is 16.4. The van der Waals surface area contributed by atoms with Gasteiger partial charge in [-0.15, -0.1) is 0 Å². The minimum atomic E-state index is 0.347. The first-order chi connectivity index (χ1) is 5.26. The number of rotatable bonds is 2. The molecule has 0 aromatic carbocycles. The predicted molar refractivity (Wildman–Crippen MR) is 45.8 cm³/mol. The van der Waals surface area contributed by atoms with Gasteiger partial charge in [0.25, 0.3) is 0 Å². The molecule has 0 rings (SSSR count). The Hall–Kier alpha value is -1.06. The van der Waals surface area contributed by atoms with E-state index in [-0.39, 0.29) is 0 Å². The van der Waals surface area contributed by atoms with Crippen molar-refractivity contribution in [1.29, 1.82) is 0 Å². The van der Waals surface area contributed by atoms with Crippen molar-refractivity contribution in [2.24, 2.45) is 10.3 Å². The molecule has 0 aliphatic rings. The van der Waals surface area contributed by atoms with E-state index in [0.717, 1.165) is 0 Å². The molecule has 0 saturated heterocycles. The van der Waals surface area contributed by atoms with E-state index in [1.807, 2.05) is 20.8 Å². The molecule has 11 heavy (non-hydrogen) atoms. The molecule has 0 aliphatic heterocycles. The van der Waals surface area contributed by atoms with Crippen molar-refractivity contribution in [1.82, 2.24) is 0 Å². The normalized spacial score (nSPS) is 12.0. The fourth-order valence-electron chi connectivity index (χ4n) is 0.457. The highest BCUT2D eigenvalue weighted by Gasteiger charge is 1.99. The van der Waals surface area contributed by atoms with Gasteiger partial charge in [-0.3, -0.25) is 0 Å². The Labute approximate surface area is 67.2 Å². The third kappa shape index (κ3) is 5.39. The highest BCUT2D eigenvalue weighted by molar-refractivity contribution is 6.41. The van der Waals surface area contributed by atoms with Crippen LogP contribution in [0.4, 0.5) is 0 Å². The van der Waals surface area contributed by atoms with Crippen LogP contribution < -0.4 is 0 Å². The fraction of sp³-hybridized carbons (Fsp3) is 0.714. The van der Waals surface area contributed by atoms with Crippen LogP contribution in [0.5, 0.6) is 0 Å². The largest absolute Gasteiger partial charge is 0.411 e. The van der Waals surface area contributed by atoms with Crippen LogP contribution in [0.3, 0.4) is 0 Å². The first kappa shape index (κ1) is 12.6. The number of hydrogen-bond acceptors (Lipinski definition) is 4. The molecule has 66 valence electrons. The van der Waals surface area contributed by atoms with Crippen LogP contribution in [-0.4, -0.2) is 21.8 Å². The summed E-state index contributed by atoms with van der Waals surface area (Å²) in [6.07, 6.45) is 0.562. The molecule has 0 fully saturated rings. The van der Waals surface area contributed by atoms with Crippen molar-refractivity contribution in [2.75, 3.05) is 0 Å². The molecule has 4 heteroatoms. The Morgan fingerprint density at radius 1 is 1.18 bits per heavy atom. The topological polar surface area (TPSA) is 65.2 Å². The summed E-state index contributed by atoms with van der Waals surface area (Å²) < 4.78 is 0. The molecule has 0 aromatic heterocycles. The molecule has 0 amide bonds. The van der Waals surface area contributed by atoms with Crippen LogP contribution in [-0.2, 0) is 0 Å². The summed E-state index contributed by atoms with van der Waals surface area (Å²) in [6, 6.07) is 0. The van der Waals surface area contributed by atoms with Crippen LogP contribution in [0.2, 0.25) is 0 Å². The van der Waals surface area contributed by atoms with Crippen LogP contribution in [0, 0.1) is 0 Å². The summed E-state index contributed by atoms with van der Waals surface area (Å²) >= 11 is 0. The summed E-state index contributed by atoms with van der Waals surface area (Å²) in [5.41, 5.74) is 0.748. The average molecular weight is 160 g/mol. The SMILES string of the molecule is CC.CCC(=N/O)/C(C)=N\O. The molecule has 0 heterocycles. The molecule has 0 spiro atoms. The maximum atomic E-state index is 8.22. The minimum Gasteiger partial charge on any atom is -0.411 e.